The second kappa shape index (κ2) is 4.83. The fourth-order valence-corrected chi connectivity index (χ4v) is 1.78. The number of ether oxygens (including phenoxy) is 1. The molecular formula is C11H16N4O. The minimum absolute atomic E-state index is 0.395. The number of hydrogen-bond acceptors (Lipinski definition) is 5. The maximum atomic E-state index is 5.88. The molecule has 1 atom stereocenters. The van der Waals surface area contributed by atoms with Crippen molar-refractivity contribution in [3.8, 4) is 5.88 Å². The highest BCUT2D eigenvalue weighted by Gasteiger charge is 2.14. The van der Waals surface area contributed by atoms with Crippen LogP contribution in [-0.2, 0) is 0 Å². The zero-order valence-electron chi connectivity index (χ0n) is 9.31. The Balaban J connectivity index is 2.11. The van der Waals surface area contributed by atoms with Gasteiger partial charge in [0.1, 0.15) is 12.0 Å². The van der Waals surface area contributed by atoms with E-state index in [4.69, 9.17) is 10.5 Å². The van der Waals surface area contributed by atoms with Crippen LogP contribution >= 0.6 is 0 Å². The van der Waals surface area contributed by atoms with Crippen molar-refractivity contribution in [2.45, 2.75) is 25.3 Å². The van der Waals surface area contributed by atoms with E-state index in [9.17, 15) is 0 Å². The Morgan fingerprint density at radius 1 is 1.44 bits per heavy atom. The zero-order chi connectivity index (χ0) is 11.4. The molecule has 1 unspecified atom stereocenters. The van der Waals surface area contributed by atoms with Gasteiger partial charge in [-0.1, -0.05) is 12.2 Å². The minimum atomic E-state index is 0.395. The third-order valence-corrected chi connectivity index (χ3v) is 2.65. The van der Waals surface area contributed by atoms with E-state index in [0.717, 1.165) is 19.3 Å². The van der Waals surface area contributed by atoms with E-state index < -0.39 is 0 Å². The van der Waals surface area contributed by atoms with Crippen molar-refractivity contribution in [1.82, 2.24) is 9.97 Å². The van der Waals surface area contributed by atoms with Gasteiger partial charge in [-0.25, -0.2) is 4.98 Å². The first kappa shape index (κ1) is 10.7. The monoisotopic (exact) mass is 220 g/mol. The number of methoxy groups -OCH3 is 1. The summed E-state index contributed by atoms with van der Waals surface area (Å²) < 4.78 is 5.04. The number of nitrogens with two attached hydrogens (primary N) is 1. The number of anilines is 2. The van der Waals surface area contributed by atoms with Gasteiger partial charge >= 0.3 is 0 Å². The third-order valence-electron chi connectivity index (χ3n) is 2.65. The number of nitrogens with zero attached hydrogens (tertiary/aromatic N) is 2. The Morgan fingerprint density at radius 3 is 3.00 bits per heavy atom. The second-order valence-electron chi connectivity index (χ2n) is 3.77. The number of allylic oxidation sites excluding steroid dienone is 1. The van der Waals surface area contributed by atoms with Gasteiger partial charge < -0.3 is 15.8 Å². The van der Waals surface area contributed by atoms with Gasteiger partial charge in [-0.3, -0.25) is 0 Å². The van der Waals surface area contributed by atoms with Crippen LogP contribution in [0.25, 0.3) is 0 Å². The van der Waals surface area contributed by atoms with E-state index >= 15 is 0 Å². The SMILES string of the molecule is COc1ncnc(NC2CC=CCC2)c1N. The number of nitrogens with one attached hydrogen (secondary N) is 1. The maximum Gasteiger partial charge on any atom is 0.242 e. The predicted octanol–water partition coefficient (Wildman–Crippen LogP) is 1.59. The van der Waals surface area contributed by atoms with Gasteiger partial charge in [0.05, 0.1) is 7.11 Å². The molecule has 16 heavy (non-hydrogen) atoms. The van der Waals surface area contributed by atoms with Crippen LogP contribution in [0.5, 0.6) is 5.88 Å². The Hall–Kier alpha value is -1.78. The lowest BCUT2D eigenvalue weighted by Gasteiger charge is -2.20. The van der Waals surface area contributed by atoms with Gasteiger partial charge in [-0.2, -0.15) is 4.98 Å². The molecular weight excluding hydrogens is 204 g/mol. The van der Waals surface area contributed by atoms with Gasteiger partial charge in [0.2, 0.25) is 5.88 Å². The first-order valence-corrected chi connectivity index (χ1v) is 5.37. The van der Waals surface area contributed by atoms with Crippen molar-refractivity contribution >= 4 is 11.5 Å². The highest BCUT2D eigenvalue weighted by Crippen LogP contribution is 2.26. The zero-order valence-corrected chi connectivity index (χ0v) is 9.31. The van der Waals surface area contributed by atoms with Crippen molar-refractivity contribution in [2.75, 3.05) is 18.2 Å². The molecule has 1 aromatic heterocycles. The van der Waals surface area contributed by atoms with E-state index in [1.807, 2.05) is 0 Å². The molecule has 3 N–H and O–H groups in total. The van der Waals surface area contributed by atoms with Crippen LogP contribution in [0, 0.1) is 0 Å². The summed E-state index contributed by atoms with van der Waals surface area (Å²) in [4.78, 5) is 8.07. The number of aromatic nitrogens is 2. The van der Waals surface area contributed by atoms with Crippen molar-refractivity contribution in [1.29, 1.82) is 0 Å². The Morgan fingerprint density at radius 2 is 2.31 bits per heavy atom. The van der Waals surface area contributed by atoms with E-state index in [-0.39, 0.29) is 0 Å². The molecule has 1 heterocycles. The quantitative estimate of drug-likeness (QED) is 0.757. The van der Waals surface area contributed by atoms with E-state index in [0.29, 0.717) is 23.4 Å². The molecule has 0 aromatic carbocycles. The first-order chi connectivity index (χ1) is 7.81. The van der Waals surface area contributed by atoms with Gasteiger partial charge in [0.25, 0.3) is 0 Å². The molecule has 0 aliphatic heterocycles. The largest absolute Gasteiger partial charge is 0.479 e. The third kappa shape index (κ3) is 2.24. The summed E-state index contributed by atoms with van der Waals surface area (Å²) in [5, 5.41) is 3.32. The van der Waals surface area contributed by atoms with Gasteiger partial charge in [-0.05, 0) is 19.3 Å². The molecule has 0 spiro atoms. The topological polar surface area (TPSA) is 73.1 Å². The fourth-order valence-electron chi connectivity index (χ4n) is 1.78. The average Bonchev–Trinajstić information content (AvgIpc) is 2.33. The van der Waals surface area contributed by atoms with Gasteiger partial charge in [-0.15, -0.1) is 0 Å². The number of rotatable bonds is 3. The molecule has 0 bridgehead atoms. The van der Waals surface area contributed by atoms with Crippen LogP contribution in [0.2, 0.25) is 0 Å². The van der Waals surface area contributed by atoms with Crippen molar-refractivity contribution in [2.24, 2.45) is 0 Å². The molecule has 1 aromatic rings. The van der Waals surface area contributed by atoms with Gasteiger partial charge in [0, 0.05) is 6.04 Å². The van der Waals surface area contributed by atoms with E-state index in [1.54, 1.807) is 7.11 Å². The molecule has 0 saturated carbocycles. The molecule has 86 valence electrons. The van der Waals surface area contributed by atoms with Crippen LogP contribution in [0.1, 0.15) is 19.3 Å². The summed E-state index contributed by atoms with van der Waals surface area (Å²) in [5.41, 5.74) is 6.35. The van der Waals surface area contributed by atoms with E-state index in [2.05, 4.69) is 27.4 Å². The summed E-state index contributed by atoms with van der Waals surface area (Å²) in [7, 11) is 1.55. The van der Waals surface area contributed by atoms with Crippen LogP contribution < -0.4 is 15.8 Å². The van der Waals surface area contributed by atoms with E-state index in [1.165, 1.54) is 6.33 Å². The summed E-state index contributed by atoms with van der Waals surface area (Å²) in [5.74, 6) is 1.08. The molecule has 0 amide bonds. The van der Waals surface area contributed by atoms with Crippen LogP contribution in [0.4, 0.5) is 11.5 Å². The van der Waals surface area contributed by atoms with Crippen molar-refractivity contribution in [3.63, 3.8) is 0 Å². The summed E-state index contributed by atoms with van der Waals surface area (Å²) in [6, 6.07) is 0.395. The molecule has 2 rings (SSSR count). The summed E-state index contributed by atoms with van der Waals surface area (Å²) in [6.45, 7) is 0. The lowest BCUT2D eigenvalue weighted by atomic mass is 10.0. The highest BCUT2D eigenvalue weighted by atomic mass is 16.5. The fraction of sp³-hybridized carbons (Fsp3) is 0.455. The van der Waals surface area contributed by atoms with Crippen LogP contribution in [-0.4, -0.2) is 23.1 Å². The molecule has 0 radical (unpaired) electrons. The maximum absolute atomic E-state index is 5.88. The molecule has 0 fully saturated rings. The Labute approximate surface area is 94.7 Å². The standard InChI is InChI=1S/C11H16N4O/c1-16-11-9(12)10(13-7-14-11)15-8-5-3-2-4-6-8/h2-3,7-8H,4-6,12H2,1H3,(H,13,14,15). The van der Waals surface area contributed by atoms with Gasteiger partial charge in [0.15, 0.2) is 5.82 Å². The summed E-state index contributed by atoms with van der Waals surface area (Å²) in [6.07, 6.45) is 9.03. The second-order valence-corrected chi connectivity index (χ2v) is 3.77. The van der Waals surface area contributed by atoms with Crippen LogP contribution in [0.15, 0.2) is 18.5 Å². The lowest BCUT2D eigenvalue weighted by Crippen LogP contribution is -2.22. The predicted molar refractivity (Wildman–Crippen MR) is 63.4 cm³/mol. The normalized spacial score (nSPS) is 19.4. The molecule has 5 nitrogen and oxygen atoms in total. The lowest BCUT2D eigenvalue weighted by molar-refractivity contribution is 0.399. The first-order valence-electron chi connectivity index (χ1n) is 5.37. The van der Waals surface area contributed by atoms with Crippen molar-refractivity contribution < 1.29 is 4.74 Å². The Kier molecular flexibility index (Phi) is 3.24. The summed E-state index contributed by atoms with van der Waals surface area (Å²) >= 11 is 0. The molecule has 1 aliphatic rings. The molecule has 1 aliphatic carbocycles. The average molecular weight is 220 g/mol. The van der Waals surface area contributed by atoms with Crippen molar-refractivity contribution in [3.05, 3.63) is 18.5 Å². The molecule has 0 saturated heterocycles. The molecule has 5 heteroatoms. The smallest absolute Gasteiger partial charge is 0.242 e. The number of hydrogen-bond donors (Lipinski definition) is 2. The minimum Gasteiger partial charge on any atom is -0.479 e. The highest BCUT2D eigenvalue weighted by molar-refractivity contribution is 5.66. The number of nitrogen functional groups attached to an aromatic ring is 1. The Bertz CT molecular complexity index is 392. The van der Waals surface area contributed by atoms with Crippen LogP contribution in [0.3, 0.4) is 0 Å².